The second-order valence-corrected chi connectivity index (χ2v) is 5.39. The van der Waals surface area contributed by atoms with E-state index < -0.39 is 29.3 Å². The summed E-state index contributed by atoms with van der Waals surface area (Å²) in [5.74, 6) is -2.05. The smallest absolute Gasteiger partial charge is 0.332 e. The number of carbonyl (C=O) groups is 3. The summed E-state index contributed by atoms with van der Waals surface area (Å²) >= 11 is 0. The van der Waals surface area contributed by atoms with Crippen LogP contribution in [-0.4, -0.2) is 53.6 Å². The van der Waals surface area contributed by atoms with Gasteiger partial charge in [-0.05, 0) is 26.2 Å². The Morgan fingerprint density at radius 3 is 2.29 bits per heavy atom. The van der Waals surface area contributed by atoms with Gasteiger partial charge in [0.25, 0.3) is 5.91 Å². The molecule has 1 atom stereocenters. The number of amides is 1. The van der Waals surface area contributed by atoms with E-state index in [0.29, 0.717) is 32.4 Å². The summed E-state index contributed by atoms with van der Waals surface area (Å²) in [5.41, 5.74) is 4.82. The number of carboxylic acid groups (broad SMARTS) is 1. The molecule has 3 N–H and O–H groups in total. The van der Waals surface area contributed by atoms with Crippen LogP contribution in [0, 0.1) is 5.41 Å². The molecule has 1 aliphatic rings. The highest BCUT2D eigenvalue weighted by Crippen LogP contribution is 2.36. The van der Waals surface area contributed by atoms with Crippen molar-refractivity contribution < 1.29 is 24.2 Å². The zero-order valence-electron chi connectivity index (χ0n) is 12.6. The predicted molar refractivity (Wildman–Crippen MR) is 75.4 cm³/mol. The lowest BCUT2D eigenvalue weighted by molar-refractivity contribution is -0.158. The van der Waals surface area contributed by atoms with Crippen LogP contribution in [0.2, 0.25) is 0 Å². The van der Waals surface area contributed by atoms with Gasteiger partial charge in [0.05, 0.1) is 12.0 Å². The van der Waals surface area contributed by atoms with Crippen molar-refractivity contribution in [2.45, 2.75) is 45.6 Å². The van der Waals surface area contributed by atoms with Crippen LogP contribution in [-0.2, 0) is 19.1 Å². The maximum absolute atomic E-state index is 12.1. The maximum atomic E-state index is 12.1. The molecule has 0 saturated carbocycles. The highest BCUT2D eigenvalue weighted by Gasteiger charge is 2.42. The molecule has 1 saturated heterocycles. The van der Waals surface area contributed by atoms with E-state index in [9.17, 15) is 19.5 Å². The van der Waals surface area contributed by atoms with E-state index in [2.05, 4.69) is 0 Å². The monoisotopic (exact) mass is 300 g/mol. The first-order chi connectivity index (χ1) is 9.88. The van der Waals surface area contributed by atoms with Crippen LogP contribution in [0.25, 0.3) is 0 Å². The number of esters is 1. The molecule has 7 nitrogen and oxygen atoms in total. The molecular formula is C14H24N2O5. The van der Waals surface area contributed by atoms with Gasteiger partial charge < -0.3 is 20.5 Å². The number of ether oxygens (including phenoxy) is 1. The highest BCUT2D eigenvalue weighted by molar-refractivity contribution is 6.01. The SMILES string of the molecule is CCCC1(C(=O)O)CCN(C(=O)C(N)C(=O)OCC)CC1. The number of likely N-dealkylation sites (tertiary alicyclic amines) is 1. The number of nitrogens with zero attached hydrogens (tertiary/aromatic N) is 1. The van der Waals surface area contributed by atoms with E-state index in [0.717, 1.165) is 6.42 Å². The third-order valence-electron chi connectivity index (χ3n) is 4.02. The highest BCUT2D eigenvalue weighted by atomic mass is 16.5. The molecule has 120 valence electrons. The summed E-state index contributed by atoms with van der Waals surface area (Å²) in [7, 11) is 0. The first-order valence-electron chi connectivity index (χ1n) is 7.32. The normalized spacial score (nSPS) is 18.9. The summed E-state index contributed by atoms with van der Waals surface area (Å²) < 4.78 is 4.73. The van der Waals surface area contributed by atoms with Gasteiger partial charge in [0.15, 0.2) is 6.04 Å². The molecule has 1 unspecified atom stereocenters. The van der Waals surface area contributed by atoms with Gasteiger partial charge in [0.2, 0.25) is 0 Å². The van der Waals surface area contributed by atoms with Gasteiger partial charge >= 0.3 is 11.9 Å². The minimum absolute atomic E-state index is 0.165. The molecule has 0 radical (unpaired) electrons. The van der Waals surface area contributed by atoms with Gasteiger partial charge in [0, 0.05) is 13.1 Å². The Labute approximate surface area is 124 Å². The average molecular weight is 300 g/mol. The summed E-state index contributed by atoms with van der Waals surface area (Å²) in [5, 5.41) is 9.41. The molecule has 7 heteroatoms. The molecule has 1 heterocycles. The van der Waals surface area contributed by atoms with Gasteiger partial charge in [-0.3, -0.25) is 9.59 Å². The Balaban J connectivity index is 2.65. The second-order valence-electron chi connectivity index (χ2n) is 5.39. The Bertz CT molecular complexity index is 402. The molecule has 0 aromatic carbocycles. The van der Waals surface area contributed by atoms with Crippen LogP contribution in [0.4, 0.5) is 0 Å². The fourth-order valence-electron chi connectivity index (χ4n) is 2.73. The standard InChI is InChI=1S/C14H24N2O5/c1-3-5-14(13(19)20)6-8-16(9-7-14)11(17)10(15)12(18)21-4-2/h10H,3-9,15H2,1-2H3,(H,19,20). The van der Waals surface area contributed by atoms with Crippen LogP contribution >= 0.6 is 0 Å². The van der Waals surface area contributed by atoms with E-state index in [-0.39, 0.29) is 6.61 Å². The molecule has 0 bridgehead atoms. The quantitative estimate of drug-likeness (QED) is 0.542. The molecule has 1 rings (SSSR count). The fraction of sp³-hybridized carbons (Fsp3) is 0.786. The summed E-state index contributed by atoms with van der Waals surface area (Å²) in [6.45, 7) is 4.36. The van der Waals surface area contributed by atoms with Crippen molar-refractivity contribution in [1.82, 2.24) is 4.90 Å². The van der Waals surface area contributed by atoms with Crippen LogP contribution in [0.3, 0.4) is 0 Å². The van der Waals surface area contributed by atoms with Crippen molar-refractivity contribution in [1.29, 1.82) is 0 Å². The van der Waals surface area contributed by atoms with Gasteiger partial charge in [-0.25, -0.2) is 4.79 Å². The molecule has 21 heavy (non-hydrogen) atoms. The number of carboxylic acids is 1. The first kappa shape index (κ1) is 17.4. The molecule has 0 aromatic heterocycles. The zero-order chi connectivity index (χ0) is 16.0. The van der Waals surface area contributed by atoms with Crippen LogP contribution < -0.4 is 5.73 Å². The third kappa shape index (κ3) is 3.93. The average Bonchev–Trinajstić information content (AvgIpc) is 2.46. The number of aliphatic carboxylic acids is 1. The van der Waals surface area contributed by atoms with E-state index >= 15 is 0 Å². The number of piperidine rings is 1. The Morgan fingerprint density at radius 1 is 1.29 bits per heavy atom. The van der Waals surface area contributed by atoms with Crippen LogP contribution in [0.1, 0.15) is 39.5 Å². The summed E-state index contributed by atoms with van der Waals surface area (Å²) in [6.07, 6.45) is 2.14. The van der Waals surface area contributed by atoms with E-state index in [1.165, 1.54) is 4.90 Å². The van der Waals surface area contributed by atoms with Crippen molar-refractivity contribution >= 4 is 17.8 Å². The van der Waals surface area contributed by atoms with Crippen molar-refractivity contribution in [3.05, 3.63) is 0 Å². The molecule has 1 amide bonds. The van der Waals surface area contributed by atoms with Crippen LogP contribution in [0.15, 0.2) is 0 Å². The van der Waals surface area contributed by atoms with E-state index in [1.54, 1.807) is 6.92 Å². The maximum Gasteiger partial charge on any atom is 0.332 e. The number of carbonyl (C=O) groups excluding carboxylic acids is 2. The molecule has 1 aliphatic heterocycles. The fourth-order valence-corrected chi connectivity index (χ4v) is 2.73. The second kappa shape index (κ2) is 7.40. The topological polar surface area (TPSA) is 110 Å². The lowest BCUT2D eigenvalue weighted by Gasteiger charge is -2.39. The number of hydrogen-bond acceptors (Lipinski definition) is 5. The minimum Gasteiger partial charge on any atom is -0.481 e. The molecule has 1 fully saturated rings. The Kier molecular flexibility index (Phi) is 6.14. The number of hydrogen-bond donors (Lipinski definition) is 2. The van der Waals surface area contributed by atoms with Gasteiger partial charge in [-0.2, -0.15) is 0 Å². The van der Waals surface area contributed by atoms with Gasteiger partial charge in [-0.1, -0.05) is 13.3 Å². The summed E-state index contributed by atoms with van der Waals surface area (Å²) in [6, 6.07) is -1.33. The number of rotatable bonds is 6. The predicted octanol–water partition coefficient (Wildman–Crippen LogP) is 0.370. The zero-order valence-corrected chi connectivity index (χ0v) is 12.6. The summed E-state index contributed by atoms with van der Waals surface area (Å²) in [4.78, 5) is 36.5. The molecule has 0 aliphatic carbocycles. The van der Waals surface area contributed by atoms with Crippen molar-refractivity contribution in [2.75, 3.05) is 19.7 Å². The van der Waals surface area contributed by atoms with Crippen molar-refractivity contribution in [2.24, 2.45) is 11.1 Å². The lowest BCUT2D eigenvalue weighted by atomic mass is 9.75. The minimum atomic E-state index is -1.33. The van der Waals surface area contributed by atoms with E-state index in [1.807, 2.05) is 6.92 Å². The van der Waals surface area contributed by atoms with Gasteiger partial charge in [-0.15, -0.1) is 0 Å². The number of nitrogens with two attached hydrogens (primary N) is 1. The Hall–Kier alpha value is -1.63. The largest absolute Gasteiger partial charge is 0.481 e. The van der Waals surface area contributed by atoms with Crippen molar-refractivity contribution in [3.8, 4) is 0 Å². The van der Waals surface area contributed by atoms with Gasteiger partial charge in [0.1, 0.15) is 0 Å². The third-order valence-corrected chi connectivity index (χ3v) is 4.02. The van der Waals surface area contributed by atoms with Crippen LogP contribution in [0.5, 0.6) is 0 Å². The molecule has 0 spiro atoms. The molecular weight excluding hydrogens is 276 g/mol. The first-order valence-corrected chi connectivity index (χ1v) is 7.32. The van der Waals surface area contributed by atoms with Crippen molar-refractivity contribution in [3.63, 3.8) is 0 Å². The lowest BCUT2D eigenvalue weighted by Crippen LogP contribution is -2.53. The Morgan fingerprint density at radius 2 is 1.86 bits per heavy atom. The molecule has 0 aromatic rings. The van der Waals surface area contributed by atoms with E-state index in [4.69, 9.17) is 10.5 Å².